The number of anilines is 1. The van der Waals surface area contributed by atoms with E-state index in [9.17, 15) is 9.59 Å². The SMILES string of the molecule is O=C(O)c1ccc2c(c1)CC(=O)N2CCC1CC1. The van der Waals surface area contributed by atoms with E-state index in [4.69, 9.17) is 5.11 Å². The first kappa shape index (κ1) is 11.3. The van der Waals surface area contributed by atoms with Gasteiger partial charge in [0.25, 0.3) is 0 Å². The second kappa shape index (κ2) is 4.12. The fourth-order valence-electron chi connectivity index (χ4n) is 2.48. The molecule has 1 aliphatic heterocycles. The minimum Gasteiger partial charge on any atom is -0.478 e. The lowest BCUT2D eigenvalue weighted by atomic mass is 10.1. The maximum atomic E-state index is 11.9. The molecule has 0 saturated heterocycles. The van der Waals surface area contributed by atoms with E-state index >= 15 is 0 Å². The van der Waals surface area contributed by atoms with Crippen molar-refractivity contribution in [2.24, 2.45) is 5.92 Å². The highest BCUT2D eigenvalue weighted by Gasteiger charge is 2.30. The van der Waals surface area contributed by atoms with E-state index in [0.717, 1.165) is 30.1 Å². The molecule has 1 N–H and O–H groups in total. The first-order valence-electron chi connectivity index (χ1n) is 6.32. The quantitative estimate of drug-likeness (QED) is 0.883. The van der Waals surface area contributed by atoms with Crippen molar-refractivity contribution in [3.05, 3.63) is 29.3 Å². The number of hydrogen-bond donors (Lipinski definition) is 1. The topological polar surface area (TPSA) is 57.6 Å². The average Bonchev–Trinajstić information content (AvgIpc) is 3.09. The highest BCUT2D eigenvalue weighted by Crippen LogP contribution is 2.35. The van der Waals surface area contributed by atoms with Crippen molar-refractivity contribution >= 4 is 17.6 Å². The summed E-state index contributed by atoms with van der Waals surface area (Å²) >= 11 is 0. The van der Waals surface area contributed by atoms with Crippen molar-refractivity contribution in [3.63, 3.8) is 0 Å². The Balaban J connectivity index is 1.82. The Bertz CT molecular complexity index is 520. The van der Waals surface area contributed by atoms with Gasteiger partial charge in [0, 0.05) is 12.2 Å². The number of benzene rings is 1. The molecule has 0 atom stereocenters. The van der Waals surface area contributed by atoms with Gasteiger partial charge in [0.15, 0.2) is 0 Å². The summed E-state index contributed by atoms with van der Waals surface area (Å²) < 4.78 is 0. The summed E-state index contributed by atoms with van der Waals surface area (Å²) in [5.41, 5.74) is 1.99. The van der Waals surface area contributed by atoms with E-state index in [1.807, 2.05) is 0 Å². The standard InChI is InChI=1S/C14H15NO3/c16-13-8-11-7-10(14(17)18)3-4-12(11)15(13)6-5-9-1-2-9/h3-4,7,9H,1-2,5-6,8H2,(H,17,18). The van der Waals surface area contributed by atoms with Gasteiger partial charge in [-0.3, -0.25) is 4.79 Å². The number of carboxylic acid groups (broad SMARTS) is 1. The number of aromatic carboxylic acids is 1. The van der Waals surface area contributed by atoms with Crippen molar-refractivity contribution < 1.29 is 14.7 Å². The molecule has 1 aromatic rings. The van der Waals surface area contributed by atoms with Gasteiger partial charge in [-0.2, -0.15) is 0 Å². The molecule has 1 heterocycles. The molecule has 1 amide bonds. The highest BCUT2D eigenvalue weighted by molar-refractivity contribution is 6.02. The normalized spacial score (nSPS) is 18.0. The predicted octanol–water partition coefficient (Wildman–Crippen LogP) is 2.07. The number of fused-ring (bicyclic) bond motifs is 1. The van der Waals surface area contributed by atoms with Gasteiger partial charge >= 0.3 is 5.97 Å². The van der Waals surface area contributed by atoms with Gasteiger partial charge in [-0.1, -0.05) is 12.8 Å². The third-order valence-corrected chi connectivity index (χ3v) is 3.72. The molecule has 4 nitrogen and oxygen atoms in total. The minimum atomic E-state index is -0.943. The van der Waals surface area contributed by atoms with Crippen molar-refractivity contribution in [1.29, 1.82) is 0 Å². The van der Waals surface area contributed by atoms with Crippen LogP contribution in [0.3, 0.4) is 0 Å². The van der Waals surface area contributed by atoms with Gasteiger partial charge in [-0.15, -0.1) is 0 Å². The Labute approximate surface area is 105 Å². The summed E-state index contributed by atoms with van der Waals surface area (Å²) in [5, 5.41) is 8.93. The smallest absolute Gasteiger partial charge is 0.335 e. The van der Waals surface area contributed by atoms with Crippen LogP contribution in [0.2, 0.25) is 0 Å². The second-order valence-electron chi connectivity index (χ2n) is 5.10. The van der Waals surface area contributed by atoms with Crippen LogP contribution in [0.15, 0.2) is 18.2 Å². The lowest BCUT2D eigenvalue weighted by molar-refractivity contribution is -0.117. The molecule has 0 aromatic heterocycles. The molecule has 0 bridgehead atoms. The molecule has 0 unspecified atom stereocenters. The van der Waals surface area contributed by atoms with Crippen LogP contribution in [0.1, 0.15) is 35.2 Å². The monoisotopic (exact) mass is 245 g/mol. The van der Waals surface area contributed by atoms with Gasteiger partial charge < -0.3 is 10.0 Å². The number of carboxylic acids is 1. The van der Waals surface area contributed by atoms with Crippen molar-refractivity contribution in [3.8, 4) is 0 Å². The van der Waals surface area contributed by atoms with Gasteiger partial charge in [-0.05, 0) is 36.1 Å². The van der Waals surface area contributed by atoms with E-state index in [1.54, 1.807) is 23.1 Å². The molecule has 1 aromatic carbocycles. The van der Waals surface area contributed by atoms with Crippen LogP contribution >= 0.6 is 0 Å². The van der Waals surface area contributed by atoms with Crippen LogP contribution in [0, 0.1) is 5.92 Å². The number of amides is 1. The lowest BCUT2D eigenvalue weighted by Gasteiger charge is -2.17. The Morgan fingerprint density at radius 2 is 2.17 bits per heavy atom. The average molecular weight is 245 g/mol. The summed E-state index contributed by atoms with van der Waals surface area (Å²) in [7, 11) is 0. The van der Waals surface area contributed by atoms with Gasteiger partial charge in [-0.25, -0.2) is 4.79 Å². The van der Waals surface area contributed by atoms with Crippen molar-refractivity contribution in [2.75, 3.05) is 11.4 Å². The minimum absolute atomic E-state index is 0.0909. The number of rotatable bonds is 4. The molecule has 2 aliphatic rings. The number of carbonyl (C=O) groups excluding carboxylic acids is 1. The Hall–Kier alpha value is -1.84. The summed E-state index contributed by atoms with van der Waals surface area (Å²) in [5.74, 6) is -0.0602. The molecule has 1 fully saturated rings. The molecule has 0 spiro atoms. The third-order valence-electron chi connectivity index (χ3n) is 3.72. The Morgan fingerprint density at radius 3 is 2.83 bits per heavy atom. The third kappa shape index (κ3) is 1.98. The van der Waals surface area contributed by atoms with Crippen LogP contribution < -0.4 is 4.90 Å². The maximum Gasteiger partial charge on any atom is 0.335 e. The molecule has 3 rings (SSSR count). The summed E-state index contributed by atoms with van der Waals surface area (Å²) in [6, 6.07) is 4.95. The maximum absolute atomic E-state index is 11.9. The van der Waals surface area contributed by atoms with Crippen LogP contribution in [-0.4, -0.2) is 23.5 Å². The van der Waals surface area contributed by atoms with Crippen LogP contribution in [0.4, 0.5) is 5.69 Å². The first-order chi connectivity index (χ1) is 8.65. The zero-order valence-electron chi connectivity index (χ0n) is 10.1. The molecule has 1 saturated carbocycles. The molecule has 0 radical (unpaired) electrons. The van der Waals surface area contributed by atoms with E-state index in [0.29, 0.717) is 6.42 Å². The summed E-state index contributed by atoms with van der Waals surface area (Å²) in [6.45, 7) is 0.767. The van der Waals surface area contributed by atoms with E-state index in [-0.39, 0.29) is 11.5 Å². The summed E-state index contributed by atoms with van der Waals surface area (Å²) in [4.78, 5) is 24.6. The lowest BCUT2D eigenvalue weighted by Crippen LogP contribution is -2.28. The van der Waals surface area contributed by atoms with Crippen LogP contribution in [0.5, 0.6) is 0 Å². The molecule has 4 heteroatoms. The van der Waals surface area contributed by atoms with Crippen LogP contribution in [-0.2, 0) is 11.2 Å². The molecule has 18 heavy (non-hydrogen) atoms. The van der Waals surface area contributed by atoms with Crippen molar-refractivity contribution in [2.45, 2.75) is 25.7 Å². The molecule has 1 aliphatic carbocycles. The second-order valence-corrected chi connectivity index (χ2v) is 5.10. The van der Waals surface area contributed by atoms with E-state index in [1.165, 1.54) is 12.8 Å². The van der Waals surface area contributed by atoms with E-state index < -0.39 is 5.97 Å². The van der Waals surface area contributed by atoms with Crippen LogP contribution in [0.25, 0.3) is 0 Å². The fourth-order valence-corrected chi connectivity index (χ4v) is 2.48. The van der Waals surface area contributed by atoms with Gasteiger partial charge in [0.05, 0.1) is 12.0 Å². The van der Waals surface area contributed by atoms with Gasteiger partial charge in [0.1, 0.15) is 0 Å². The predicted molar refractivity (Wildman–Crippen MR) is 66.8 cm³/mol. The largest absolute Gasteiger partial charge is 0.478 e. The highest BCUT2D eigenvalue weighted by atomic mass is 16.4. The van der Waals surface area contributed by atoms with E-state index in [2.05, 4.69) is 0 Å². The summed E-state index contributed by atoms with van der Waals surface area (Å²) in [6.07, 6.45) is 3.96. The fraction of sp³-hybridized carbons (Fsp3) is 0.429. The first-order valence-corrected chi connectivity index (χ1v) is 6.32. The number of hydrogen-bond acceptors (Lipinski definition) is 2. The number of carbonyl (C=O) groups is 2. The molecule has 94 valence electrons. The molecular weight excluding hydrogens is 230 g/mol. The van der Waals surface area contributed by atoms with Crippen molar-refractivity contribution in [1.82, 2.24) is 0 Å². The Morgan fingerprint density at radius 1 is 1.39 bits per heavy atom. The zero-order chi connectivity index (χ0) is 12.7. The molecular formula is C14H15NO3. The zero-order valence-corrected chi connectivity index (χ0v) is 10.1. The van der Waals surface area contributed by atoms with Gasteiger partial charge in [0.2, 0.25) is 5.91 Å². The Kier molecular flexibility index (Phi) is 2.58. The number of nitrogens with zero attached hydrogens (tertiary/aromatic N) is 1.